The number of anilines is 1. The molecular formula is C17H17NO3S. The molecule has 114 valence electrons. The first-order valence-corrected chi connectivity index (χ1v) is 8.72. The second-order valence-corrected chi connectivity index (χ2v) is 7.48. The van der Waals surface area contributed by atoms with Crippen LogP contribution in [0.25, 0.3) is 0 Å². The Bertz CT molecular complexity index is 813. The molecule has 1 heterocycles. The van der Waals surface area contributed by atoms with Gasteiger partial charge in [-0.1, -0.05) is 42.5 Å². The van der Waals surface area contributed by atoms with Gasteiger partial charge in [0.2, 0.25) is 10.0 Å². The quantitative estimate of drug-likeness (QED) is 0.871. The Balaban J connectivity index is 1.98. The maximum atomic E-state index is 12.4. The van der Waals surface area contributed by atoms with Gasteiger partial charge >= 0.3 is 0 Å². The lowest BCUT2D eigenvalue weighted by Crippen LogP contribution is -2.26. The third-order valence-corrected chi connectivity index (χ3v) is 5.39. The minimum absolute atomic E-state index is 0.0233. The maximum absolute atomic E-state index is 12.4. The average Bonchev–Trinajstić information content (AvgIpc) is 2.70. The molecule has 0 saturated carbocycles. The number of hydrogen-bond donors (Lipinski definition) is 0. The Morgan fingerprint density at radius 2 is 1.82 bits per heavy atom. The summed E-state index contributed by atoms with van der Waals surface area (Å²) in [4.78, 5) is 11.3. The Kier molecular flexibility index (Phi) is 3.74. The van der Waals surface area contributed by atoms with Gasteiger partial charge in [0.25, 0.3) is 0 Å². The number of sulfonamides is 1. The first kappa shape index (κ1) is 14.8. The molecule has 1 aliphatic rings. The summed E-state index contributed by atoms with van der Waals surface area (Å²) in [6.07, 6.45) is 0.326. The molecule has 5 heteroatoms. The van der Waals surface area contributed by atoms with Crippen LogP contribution in [0.5, 0.6) is 0 Å². The third-order valence-electron chi connectivity index (χ3n) is 3.71. The normalized spacial score (nSPS) is 15.6. The number of hydrogen-bond acceptors (Lipinski definition) is 3. The minimum atomic E-state index is -3.34. The Hall–Kier alpha value is -2.14. The van der Waals surface area contributed by atoms with Gasteiger partial charge in [0.1, 0.15) is 5.78 Å². The zero-order valence-corrected chi connectivity index (χ0v) is 13.1. The highest BCUT2D eigenvalue weighted by Crippen LogP contribution is 2.35. The molecule has 2 aromatic carbocycles. The lowest BCUT2D eigenvalue weighted by molar-refractivity contribution is -0.116. The van der Waals surface area contributed by atoms with Gasteiger partial charge in [-0.2, -0.15) is 0 Å². The highest BCUT2D eigenvalue weighted by molar-refractivity contribution is 7.92. The molecule has 22 heavy (non-hydrogen) atoms. The van der Waals surface area contributed by atoms with Gasteiger partial charge in [-0.05, 0) is 29.7 Å². The van der Waals surface area contributed by atoms with E-state index in [0.29, 0.717) is 18.7 Å². The summed E-state index contributed by atoms with van der Waals surface area (Å²) in [5.74, 6) is 0.0885. The van der Waals surface area contributed by atoms with Gasteiger partial charge < -0.3 is 0 Å². The number of nitrogens with zero attached hydrogens (tertiary/aromatic N) is 1. The summed E-state index contributed by atoms with van der Waals surface area (Å²) in [7, 11) is -3.34. The summed E-state index contributed by atoms with van der Waals surface area (Å²) >= 11 is 0. The molecule has 0 radical (unpaired) electrons. The highest BCUT2D eigenvalue weighted by Gasteiger charge is 2.33. The van der Waals surface area contributed by atoms with Crippen LogP contribution < -0.4 is 4.31 Å². The summed E-state index contributed by atoms with van der Waals surface area (Å²) in [5, 5.41) is 0. The molecule has 0 spiro atoms. The molecule has 0 bridgehead atoms. The van der Waals surface area contributed by atoms with Crippen molar-refractivity contribution < 1.29 is 13.2 Å². The van der Waals surface area contributed by atoms with E-state index in [2.05, 4.69) is 0 Å². The van der Waals surface area contributed by atoms with E-state index in [1.165, 1.54) is 11.2 Å². The van der Waals surface area contributed by atoms with Crippen molar-refractivity contribution in [2.24, 2.45) is 0 Å². The Morgan fingerprint density at radius 1 is 1.09 bits per heavy atom. The standard InChI is InChI=1S/C17H17NO3S/c1-13(19)9-15-7-8-16-12-22(20,21)18(17(16)10-15)11-14-5-3-2-4-6-14/h2-8,10H,9,11-12H2,1H3. The van der Waals surface area contributed by atoms with E-state index in [1.807, 2.05) is 48.5 Å². The highest BCUT2D eigenvalue weighted by atomic mass is 32.2. The van der Waals surface area contributed by atoms with Crippen molar-refractivity contribution in [1.29, 1.82) is 0 Å². The van der Waals surface area contributed by atoms with Crippen LogP contribution in [-0.4, -0.2) is 14.2 Å². The summed E-state index contributed by atoms with van der Waals surface area (Å²) in [5.41, 5.74) is 3.28. The topological polar surface area (TPSA) is 54.5 Å². The van der Waals surface area contributed by atoms with Gasteiger partial charge in [-0.3, -0.25) is 9.10 Å². The van der Waals surface area contributed by atoms with Crippen LogP contribution in [-0.2, 0) is 33.5 Å². The zero-order chi connectivity index (χ0) is 15.7. The van der Waals surface area contributed by atoms with Crippen molar-refractivity contribution in [3.8, 4) is 0 Å². The van der Waals surface area contributed by atoms with E-state index in [-0.39, 0.29) is 11.5 Å². The Morgan fingerprint density at radius 3 is 2.50 bits per heavy atom. The molecule has 0 saturated heterocycles. The fourth-order valence-electron chi connectivity index (χ4n) is 2.72. The van der Waals surface area contributed by atoms with Crippen LogP contribution in [0, 0.1) is 0 Å². The number of Topliss-reactive ketones (excluding diaryl/α,β-unsaturated/α-hetero) is 1. The Labute approximate surface area is 130 Å². The molecule has 0 amide bonds. The van der Waals surface area contributed by atoms with Crippen LogP contribution in [0.3, 0.4) is 0 Å². The molecule has 0 atom stereocenters. The summed E-state index contributed by atoms with van der Waals surface area (Å²) in [6.45, 7) is 1.85. The lowest BCUT2D eigenvalue weighted by Gasteiger charge is -2.19. The molecule has 3 rings (SSSR count). The number of ketones is 1. The molecular weight excluding hydrogens is 298 g/mol. The number of rotatable bonds is 4. The van der Waals surface area contributed by atoms with Crippen molar-refractivity contribution in [1.82, 2.24) is 0 Å². The first-order chi connectivity index (χ1) is 10.5. The largest absolute Gasteiger partial charge is 0.300 e. The first-order valence-electron chi connectivity index (χ1n) is 7.11. The van der Waals surface area contributed by atoms with E-state index in [0.717, 1.165) is 16.7 Å². The second-order valence-electron chi connectivity index (χ2n) is 5.59. The van der Waals surface area contributed by atoms with E-state index in [9.17, 15) is 13.2 Å². The SMILES string of the molecule is CC(=O)Cc1ccc2c(c1)N(Cc1ccccc1)S(=O)(=O)C2. The van der Waals surface area contributed by atoms with Gasteiger partial charge in [0.05, 0.1) is 18.0 Å². The van der Waals surface area contributed by atoms with Crippen LogP contribution >= 0.6 is 0 Å². The molecule has 4 nitrogen and oxygen atoms in total. The molecule has 0 aliphatic carbocycles. The monoisotopic (exact) mass is 315 g/mol. The van der Waals surface area contributed by atoms with Gasteiger partial charge in [-0.25, -0.2) is 8.42 Å². The lowest BCUT2D eigenvalue weighted by atomic mass is 10.1. The third kappa shape index (κ3) is 2.90. The maximum Gasteiger partial charge on any atom is 0.239 e. The van der Waals surface area contributed by atoms with Gasteiger partial charge in [-0.15, -0.1) is 0 Å². The molecule has 0 fully saturated rings. The van der Waals surface area contributed by atoms with Gasteiger partial charge in [0.15, 0.2) is 0 Å². The molecule has 0 aromatic heterocycles. The van der Waals surface area contributed by atoms with Crippen molar-refractivity contribution >= 4 is 21.5 Å². The number of benzene rings is 2. The van der Waals surface area contributed by atoms with Crippen LogP contribution in [0.1, 0.15) is 23.6 Å². The predicted molar refractivity (Wildman–Crippen MR) is 86.1 cm³/mol. The second kappa shape index (κ2) is 5.57. The minimum Gasteiger partial charge on any atom is -0.300 e. The van der Waals surface area contributed by atoms with Crippen molar-refractivity contribution in [2.75, 3.05) is 4.31 Å². The fraction of sp³-hybridized carbons (Fsp3) is 0.235. The van der Waals surface area contributed by atoms with Gasteiger partial charge in [0, 0.05) is 6.42 Å². The van der Waals surface area contributed by atoms with Crippen molar-refractivity contribution in [3.05, 3.63) is 65.2 Å². The number of carbonyl (C=O) groups is 1. The predicted octanol–water partition coefficient (Wildman–Crippen LogP) is 2.67. The van der Waals surface area contributed by atoms with E-state index in [4.69, 9.17) is 0 Å². The molecule has 1 aliphatic heterocycles. The number of carbonyl (C=O) groups excluding carboxylic acids is 1. The average molecular weight is 315 g/mol. The number of fused-ring (bicyclic) bond motifs is 1. The summed E-state index contributed by atoms with van der Waals surface area (Å²) in [6, 6.07) is 15.0. The fourth-order valence-corrected chi connectivity index (χ4v) is 4.33. The van der Waals surface area contributed by atoms with E-state index < -0.39 is 10.0 Å². The van der Waals surface area contributed by atoms with E-state index in [1.54, 1.807) is 0 Å². The molecule has 0 N–H and O–H groups in total. The van der Waals surface area contributed by atoms with Crippen LogP contribution in [0.4, 0.5) is 5.69 Å². The van der Waals surface area contributed by atoms with Crippen molar-refractivity contribution in [2.45, 2.75) is 25.6 Å². The van der Waals surface area contributed by atoms with E-state index >= 15 is 0 Å². The van der Waals surface area contributed by atoms with Crippen LogP contribution in [0.15, 0.2) is 48.5 Å². The smallest absolute Gasteiger partial charge is 0.239 e. The van der Waals surface area contributed by atoms with Crippen LogP contribution in [0.2, 0.25) is 0 Å². The molecule has 0 unspecified atom stereocenters. The summed E-state index contributed by atoms with van der Waals surface area (Å²) < 4.78 is 26.3. The van der Waals surface area contributed by atoms with Crippen molar-refractivity contribution in [3.63, 3.8) is 0 Å². The molecule has 2 aromatic rings. The zero-order valence-electron chi connectivity index (χ0n) is 12.3.